The van der Waals surface area contributed by atoms with Crippen molar-refractivity contribution >= 4 is 33.4 Å². The van der Waals surface area contributed by atoms with Crippen LogP contribution in [0.15, 0.2) is 57.8 Å². The summed E-state index contributed by atoms with van der Waals surface area (Å²) in [6, 6.07) is 13.3. The number of nitrogens with one attached hydrogen (secondary N) is 1. The van der Waals surface area contributed by atoms with Crippen molar-refractivity contribution in [2.45, 2.75) is 24.7 Å². The topological polar surface area (TPSA) is 105 Å². The van der Waals surface area contributed by atoms with Crippen molar-refractivity contribution in [1.82, 2.24) is 4.90 Å². The van der Waals surface area contributed by atoms with Gasteiger partial charge in [0.25, 0.3) is 10.0 Å². The lowest BCUT2D eigenvalue weighted by molar-refractivity contribution is -0.121. The summed E-state index contributed by atoms with van der Waals surface area (Å²) >= 11 is 0. The van der Waals surface area contributed by atoms with E-state index in [2.05, 4.69) is 9.71 Å². The molecule has 2 aliphatic rings. The zero-order valence-corrected chi connectivity index (χ0v) is 17.9. The number of carbonyl (C=O) groups is 2. The van der Waals surface area contributed by atoms with E-state index < -0.39 is 16.0 Å². The second-order valence-corrected chi connectivity index (χ2v) is 9.03. The molecule has 2 heterocycles. The van der Waals surface area contributed by atoms with Gasteiger partial charge in [0.1, 0.15) is 4.90 Å². The van der Waals surface area contributed by atoms with Gasteiger partial charge in [-0.3, -0.25) is 4.79 Å². The quantitative estimate of drug-likeness (QED) is 0.732. The average Bonchev–Trinajstić information content (AvgIpc) is 3.06. The Hall–Kier alpha value is -3.20. The number of amides is 1. The Morgan fingerprint density at radius 1 is 1.16 bits per heavy atom. The third-order valence-corrected chi connectivity index (χ3v) is 6.69. The van der Waals surface area contributed by atoms with Gasteiger partial charge >= 0.3 is 5.97 Å². The monoisotopic (exact) mass is 441 g/mol. The molecule has 1 saturated heterocycles. The molecule has 0 spiro atoms. The molecule has 162 valence electrons. The van der Waals surface area contributed by atoms with E-state index in [-0.39, 0.29) is 16.7 Å². The lowest BCUT2D eigenvalue weighted by atomic mass is 9.96. The van der Waals surface area contributed by atoms with Crippen LogP contribution in [-0.4, -0.2) is 50.7 Å². The molecule has 0 aromatic heterocycles. The highest BCUT2D eigenvalue weighted by Gasteiger charge is 2.35. The molecule has 2 aromatic rings. The Bertz CT molecular complexity index is 1140. The Balaban J connectivity index is 1.45. The SMILES string of the molecule is CCOC(=O)c1ccc(NC(=O)C2CCCN(C3=NS(=O)(=O)c4ccccc43)C2)cc1. The maximum absolute atomic E-state index is 12.8. The number of likely N-dealkylation sites (tertiary alicyclic amines) is 1. The first-order valence-electron chi connectivity index (χ1n) is 10.2. The molecule has 1 unspecified atom stereocenters. The Morgan fingerprint density at radius 3 is 2.65 bits per heavy atom. The fourth-order valence-corrected chi connectivity index (χ4v) is 5.08. The Morgan fingerprint density at radius 2 is 1.90 bits per heavy atom. The summed E-state index contributed by atoms with van der Waals surface area (Å²) < 4.78 is 33.6. The van der Waals surface area contributed by atoms with Crippen LogP contribution in [0.4, 0.5) is 5.69 Å². The number of ether oxygens (including phenoxy) is 1. The number of carbonyl (C=O) groups excluding carboxylic acids is 2. The van der Waals surface area contributed by atoms with E-state index in [9.17, 15) is 18.0 Å². The van der Waals surface area contributed by atoms with Crippen LogP contribution in [0.5, 0.6) is 0 Å². The first-order chi connectivity index (χ1) is 14.9. The molecule has 2 aliphatic heterocycles. The fourth-order valence-electron chi connectivity index (χ4n) is 3.85. The predicted molar refractivity (Wildman–Crippen MR) is 115 cm³/mol. The Kier molecular flexibility index (Phi) is 5.77. The number of fused-ring (bicyclic) bond motifs is 1. The first-order valence-corrected chi connectivity index (χ1v) is 11.6. The number of anilines is 1. The molecule has 2 aromatic carbocycles. The second kappa shape index (κ2) is 8.50. The highest BCUT2D eigenvalue weighted by Crippen LogP contribution is 2.30. The van der Waals surface area contributed by atoms with Crippen molar-refractivity contribution in [1.29, 1.82) is 0 Å². The van der Waals surface area contributed by atoms with Gasteiger partial charge in [0, 0.05) is 24.3 Å². The van der Waals surface area contributed by atoms with Crippen molar-refractivity contribution in [3.05, 3.63) is 59.7 Å². The molecule has 4 rings (SSSR count). The summed E-state index contributed by atoms with van der Waals surface area (Å²) in [6.07, 6.45) is 1.45. The number of amidine groups is 1. The van der Waals surface area contributed by atoms with Crippen molar-refractivity contribution in [3.8, 4) is 0 Å². The van der Waals surface area contributed by atoms with Crippen LogP contribution >= 0.6 is 0 Å². The highest BCUT2D eigenvalue weighted by atomic mass is 32.2. The minimum absolute atomic E-state index is 0.150. The summed E-state index contributed by atoms with van der Waals surface area (Å²) in [5.74, 6) is -0.456. The molecule has 0 aliphatic carbocycles. The zero-order chi connectivity index (χ0) is 22.0. The van der Waals surface area contributed by atoms with E-state index in [4.69, 9.17) is 4.74 Å². The standard InChI is InChI=1S/C22H23N3O5S/c1-2-30-22(27)15-9-11-17(12-10-15)23-21(26)16-6-5-13-25(14-16)20-18-7-3-4-8-19(18)31(28,29)24-20/h3-4,7-12,16H,2,5-6,13-14H2,1H3,(H,23,26). The summed E-state index contributed by atoms with van der Waals surface area (Å²) in [7, 11) is -3.70. The number of rotatable bonds is 4. The van der Waals surface area contributed by atoms with Gasteiger partial charge in [-0.25, -0.2) is 4.79 Å². The number of hydrogen-bond acceptors (Lipinski definition) is 6. The summed E-state index contributed by atoms with van der Waals surface area (Å²) in [6.45, 7) is 3.06. The van der Waals surface area contributed by atoms with Gasteiger partial charge in [-0.2, -0.15) is 8.42 Å². The van der Waals surface area contributed by atoms with Crippen molar-refractivity contribution in [2.24, 2.45) is 10.3 Å². The van der Waals surface area contributed by atoms with Crippen LogP contribution in [0.1, 0.15) is 35.7 Å². The fraction of sp³-hybridized carbons (Fsp3) is 0.318. The van der Waals surface area contributed by atoms with Gasteiger partial charge in [-0.15, -0.1) is 4.40 Å². The maximum atomic E-state index is 12.8. The largest absolute Gasteiger partial charge is 0.462 e. The summed E-state index contributed by atoms with van der Waals surface area (Å²) in [4.78, 5) is 26.7. The van der Waals surface area contributed by atoms with Gasteiger partial charge in [-0.05, 0) is 56.2 Å². The van der Waals surface area contributed by atoms with E-state index in [1.165, 1.54) is 0 Å². The normalized spacial score (nSPS) is 19.3. The van der Waals surface area contributed by atoms with Crippen molar-refractivity contribution in [3.63, 3.8) is 0 Å². The molecule has 1 N–H and O–H groups in total. The van der Waals surface area contributed by atoms with Crippen LogP contribution < -0.4 is 5.32 Å². The van der Waals surface area contributed by atoms with Crippen LogP contribution in [0, 0.1) is 5.92 Å². The third kappa shape index (κ3) is 4.32. The average molecular weight is 442 g/mol. The minimum atomic E-state index is -3.70. The molecule has 31 heavy (non-hydrogen) atoms. The minimum Gasteiger partial charge on any atom is -0.462 e. The molecule has 8 nitrogen and oxygen atoms in total. The molecular formula is C22H23N3O5S. The van der Waals surface area contributed by atoms with Crippen molar-refractivity contribution in [2.75, 3.05) is 25.0 Å². The second-order valence-electron chi connectivity index (χ2n) is 7.46. The van der Waals surface area contributed by atoms with Crippen LogP contribution in [0.2, 0.25) is 0 Å². The molecule has 1 fully saturated rings. The maximum Gasteiger partial charge on any atom is 0.338 e. The number of piperidine rings is 1. The van der Waals surface area contributed by atoms with Crippen molar-refractivity contribution < 1.29 is 22.7 Å². The number of nitrogens with zero attached hydrogens (tertiary/aromatic N) is 2. The number of benzene rings is 2. The van der Waals surface area contributed by atoms with Gasteiger partial charge in [0.2, 0.25) is 5.91 Å². The molecular weight excluding hydrogens is 418 g/mol. The lowest BCUT2D eigenvalue weighted by Gasteiger charge is -2.33. The summed E-state index contributed by atoms with van der Waals surface area (Å²) in [5.41, 5.74) is 1.59. The van der Waals surface area contributed by atoms with E-state index in [0.29, 0.717) is 48.8 Å². The summed E-state index contributed by atoms with van der Waals surface area (Å²) in [5, 5.41) is 2.88. The molecule has 0 radical (unpaired) electrons. The van der Waals surface area contributed by atoms with Crippen LogP contribution in [-0.2, 0) is 19.6 Å². The van der Waals surface area contributed by atoms with E-state index in [1.807, 2.05) is 4.90 Å². The molecule has 9 heteroatoms. The van der Waals surface area contributed by atoms with E-state index >= 15 is 0 Å². The lowest BCUT2D eigenvalue weighted by Crippen LogP contribution is -2.43. The van der Waals surface area contributed by atoms with Gasteiger partial charge in [-0.1, -0.05) is 12.1 Å². The zero-order valence-electron chi connectivity index (χ0n) is 17.1. The van der Waals surface area contributed by atoms with Gasteiger partial charge < -0.3 is 15.0 Å². The van der Waals surface area contributed by atoms with E-state index in [1.54, 1.807) is 55.5 Å². The molecule has 1 atom stereocenters. The first kappa shape index (κ1) is 21.0. The Labute approximate surface area is 181 Å². The number of sulfonamides is 1. The highest BCUT2D eigenvalue weighted by molar-refractivity contribution is 7.90. The van der Waals surface area contributed by atoms with Gasteiger partial charge in [0.15, 0.2) is 5.84 Å². The third-order valence-electron chi connectivity index (χ3n) is 5.37. The molecule has 0 saturated carbocycles. The smallest absolute Gasteiger partial charge is 0.338 e. The number of esters is 1. The predicted octanol–water partition coefficient (Wildman–Crippen LogP) is 2.66. The number of hydrogen-bond donors (Lipinski definition) is 1. The van der Waals surface area contributed by atoms with Crippen LogP contribution in [0.25, 0.3) is 0 Å². The van der Waals surface area contributed by atoms with Crippen LogP contribution in [0.3, 0.4) is 0 Å². The molecule has 1 amide bonds. The van der Waals surface area contributed by atoms with E-state index in [0.717, 1.165) is 6.42 Å². The van der Waals surface area contributed by atoms with Gasteiger partial charge in [0.05, 0.1) is 18.1 Å². The molecule has 0 bridgehead atoms.